The summed E-state index contributed by atoms with van der Waals surface area (Å²) in [5.74, 6) is -0.980. The molecule has 0 N–H and O–H groups in total. The second-order valence-electron chi connectivity index (χ2n) is 8.54. The Morgan fingerprint density at radius 3 is 1.72 bits per heavy atom. The van der Waals surface area contributed by atoms with E-state index >= 15 is 0 Å². The van der Waals surface area contributed by atoms with E-state index in [-0.39, 0.29) is 35.5 Å². The zero-order valence-electron chi connectivity index (χ0n) is 17.2. The molecule has 4 heteroatoms. The highest BCUT2D eigenvalue weighted by atomic mass is 79.9. The molecule has 2 bridgehead atoms. The van der Waals surface area contributed by atoms with Crippen molar-refractivity contribution in [1.29, 1.82) is 0 Å². The summed E-state index contributed by atoms with van der Waals surface area (Å²) < 4.78 is 0.852. The van der Waals surface area contributed by atoms with Crippen LogP contribution in [0.4, 0.5) is 5.69 Å². The van der Waals surface area contributed by atoms with Crippen LogP contribution in [0.1, 0.15) is 11.1 Å². The summed E-state index contributed by atoms with van der Waals surface area (Å²) in [6, 6.07) is 28.0. The van der Waals surface area contributed by atoms with Crippen LogP contribution in [-0.2, 0) is 9.59 Å². The summed E-state index contributed by atoms with van der Waals surface area (Å²) in [7, 11) is 0. The first-order chi connectivity index (χ1) is 15.6. The molecule has 0 aromatic heterocycles. The van der Waals surface area contributed by atoms with Crippen LogP contribution in [0.15, 0.2) is 107 Å². The number of anilines is 1. The Labute approximate surface area is 195 Å². The Bertz CT molecular complexity index is 1220. The van der Waals surface area contributed by atoms with Gasteiger partial charge in [-0.05, 0) is 40.5 Å². The van der Waals surface area contributed by atoms with E-state index in [4.69, 9.17) is 0 Å². The van der Waals surface area contributed by atoms with E-state index in [1.54, 1.807) is 0 Å². The first-order valence-corrected chi connectivity index (χ1v) is 11.6. The summed E-state index contributed by atoms with van der Waals surface area (Å²) in [5, 5.41) is 0. The van der Waals surface area contributed by atoms with Gasteiger partial charge >= 0.3 is 0 Å². The molecule has 2 amide bonds. The quantitative estimate of drug-likeness (QED) is 0.346. The number of benzene rings is 3. The molecule has 0 radical (unpaired) electrons. The number of carbonyl (C=O) groups excluding carboxylic acids is 2. The van der Waals surface area contributed by atoms with E-state index in [1.165, 1.54) is 10.5 Å². The number of amides is 2. The first-order valence-electron chi connectivity index (χ1n) is 10.8. The monoisotopic (exact) mass is 481 g/mol. The van der Waals surface area contributed by atoms with Crippen LogP contribution in [0.2, 0.25) is 0 Å². The summed E-state index contributed by atoms with van der Waals surface area (Å²) >= 11 is 3.46. The number of rotatable bonds is 3. The standard InChI is InChI=1S/C28H20BrNO2/c29-19-12-7-13-20(16-19)30-27(31)25-21-14-15-22(26(25)28(30)32)24(21)23(17-8-3-1-4-9-17)18-10-5-2-6-11-18/h1-16,21-22,25-26H. The molecule has 3 aliphatic rings. The Balaban J connectivity index is 1.49. The van der Waals surface area contributed by atoms with Gasteiger partial charge in [-0.25, -0.2) is 4.90 Å². The van der Waals surface area contributed by atoms with Crippen LogP contribution < -0.4 is 4.90 Å². The highest BCUT2D eigenvalue weighted by Crippen LogP contribution is 2.58. The molecule has 2 fully saturated rings. The van der Waals surface area contributed by atoms with Gasteiger partial charge in [0, 0.05) is 16.3 Å². The number of hydrogen-bond donors (Lipinski definition) is 0. The van der Waals surface area contributed by atoms with Crippen LogP contribution >= 0.6 is 15.9 Å². The predicted molar refractivity (Wildman–Crippen MR) is 129 cm³/mol. The van der Waals surface area contributed by atoms with Gasteiger partial charge in [0.1, 0.15) is 0 Å². The van der Waals surface area contributed by atoms with E-state index in [1.807, 2.05) is 60.7 Å². The Morgan fingerprint density at radius 2 is 1.22 bits per heavy atom. The van der Waals surface area contributed by atoms with Crippen molar-refractivity contribution in [3.05, 3.63) is 118 Å². The smallest absolute Gasteiger partial charge is 0.238 e. The lowest BCUT2D eigenvalue weighted by Gasteiger charge is -2.21. The van der Waals surface area contributed by atoms with E-state index in [0.717, 1.165) is 21.2 Å². The fourth-order valence-corrected chi connectivity index (χ4v) is 6.06. The third-order valence-electron chi connectivity index (χ3n) is 6.90. The van der Waals surface area contributed by atoms with Crippen molar-refractivity contribution in [3.8, 4) is 0 Å². The van der Waals surface area contributed by atoms with Crippen molar-refractivity contribution in [2.24, 2.45) is 23.7 Å². The molecule has 2 aliphatic carbocycles. The molecule has 156 valence electrons. The number of fused-ring (bicyclic) bond motifs is 5. The maximum Gasteiger partial charge on any atom is 0.238 e. The maximum absolute atomic E-state index is 13.6. The van der Waals surface area contributed by atoms with Gasteiger partial charge in [-0.15, -0.1) is 0 Å². The van der Waals surface area contributed by atoms with Crippen LogP contribution in [0.5, 0.6) is 0 Å². The topological polar surface area (TPSA) is 37.4 Å². The van der Waals surface area contributed by atoms with Crippen molar-refractivity contribution in [2.45, 2.75) is 0 Å². The molecule has 3 aromatic rings. The van der Waals surface area contributed by atoms with E-state index in [2.05, 4.69) is 52.3 Å². The number of imide groups is 1. The zero-order valence-corrected chi connectivity index (χ0v) is 18.8. The average molecular weight is 482 g/mol. The van der Waals surface area contributed by atoms with Crippen LogP contribution in [0.3, 0.4) is 0 Å². The average Bonchev–Trinajstić information content (AvgIpc) is 3.45. The van der Waals surface area contributed by atoms with Gasteiger partial charge in [0.25, 0.3) is 0 Å². The predicted octanol–water partition coefficient (Wildman–Crippen LogP) is 5.87. The van der Waals surface area contributed by atoms with Gasteiger partial charge in [-0.1, -0.05) is 94.8 Å². The summed E-state index contributed by atoms with van der Waals surface area (Å²) in [5.41, 5.74) is 5.23. The van der Waals surface area contributed by atoms with E-state index < -0.39 is 0 Å². The minimum absolute atomic E-state index is 0.0611. The second-order valence-corrected chi connectivity index (χ2v) is 9.46. The largest absolute Gasteiger partial charge is 0.274 e. The zero-order chi connectivity index (χ0) is 21.8. The minimum Gasteiger partial charge on any atom is -0.274 e. The molecule has 1 heterocycles. The van der Waals surface area contributed by atoms with Gasteiger partial charge in [0.15, 0.2) is 0 Å². The van der Waals surface area contributed by atoms with Crippen molar-refractivity contribution in [1.82, 2.24) is 0 Å². The van der Waals surface area contributed by atoms with E-state index in [0.29, 0.717) is 5.69 Å². The molecule has 32 heavy (non-hydrogen) atoms. The third kappa shape index (κ3) is 2.79. The molecular formula is C28H20BrNO2. The Morgan fingerprint density at radius 1 is 0.688 bits per heavy atom. The molecular weight excluding hydrogens is 462 g/mol. The normalized spacial score (nSPS) is 25.5. The highest BCUT2D eigenvalue weighted by Gasteiger charge is 2.62. The molecule has 1 aliphatic heterocycles. The van der Waals surface area contributed by atoms with Gasteiger partial charge in [0.05, 0.1) is 17.5 Å². The van der Waals surface area contributed by atoms with Crippen LogP contribution in [-0.4, -0.2) is 11.8 Å². The first kappa shape index (κ1) is 19.4. The SMILES string of the molecule is O=C1C2C3C=CC(C3=C(c3ccccc3)c3ccccc3)C2C(=O)N1c1cccc(Br)c1. The molecule has 1 saturated heterocycles. The molecule has 6 rings (SSSR count). The Kier molecular flexibility index (Phi) is 4.51. The Hall–Kier alpha value is -3.24. The molecule has 0 spiro atoms. The van der Waals surface area contributed by atoms with Gasteiger partial charge in [-0.2, -0.15) is 0 Å². The molecule has 3 aromatic carbocycles. The highest BCUT2D eigenvalue weighted by molar-refractivity contribution is 9.10. The van der Waals surface area contributed by atoms with Crippen molar-refractivity contribution in [2.75, 3.05) is 4.90 Å². The number of nitrogens with zero attached hydrogens (tertiary/aromatic N) is 1. The summed E-state index contributed by atoms with van der Waals surface area (Å²) in [6.45, 7) is 0. The molecule has 4 atom stereocenters. The van der Waals surface area contributed by atoms with Gasteiger partial charge < -0.3 is 0 Å². The lowest BCUT2D eigenvalue weighted by molar-refractivity contribution is -0.122. The lowest BCUT2D eigenvalue weighted by Crippen LogP contribution is -2.33. The van der Waals surface area contributed by atoms with Crippen molar-refractivity contribution < 1.29 is 9.59 Å². The lowest BCUT2D eigenvalue weighted by atomic mass is 9.85. The van der Waals surface area contributed by atoms with E-state index in [9.17, 15) is 9.59 Å². The molecule has 4 unspecified atom stereocenters. The summed E-state index contributed by atoms with van der Waals surface area (Å²) in [6.07, 6.45) is 4.28. The second kappa shape index (κ2) is 7.42. The summed E-state index contributed by atoms with van der Waals surface area (Å²) in [4.78, 5) is 28.5. The fraction of sp³-hybridized carbons (Fsp3) is 0.143. The van der Waals surface area contributed by atoms with Crippen molar-refractivity contribution in [3.63, 3.8) is 0 Å². The number of halogens is 1. The number of allylic oxidation sites excluding steroid dienone is 3. The molecule has 1 saturated carbocycles. The fourth-order valence-electron chi connectivity index (χ4n) is 5.68. The van der Waals surface area contributed by atoms with Crippen LogP contribution in [0, 0.1) is 23.7 Å². The maximum atomic E-state index is 13.6. The third-order valence-corrected chi connectivity index (χ3v) is 7.39. The van der Waals surface area contributed by atoms with Gasteiger partial charge in [-0.3, -0.25) is 9.59 Å². The van der Waals surface area contributed by atoms with Crippen LogP contribution in [0.25, 0.3) is 5.57 Å². The van der Waals surface area contributed by atoms with Gasteiger partial charge in [0.2, 0.25) is 11.8 Å². The van der Waals surface area contributed by atoms with Crippen molar-refractivity contribution >= 4 is 39.0 Å². The number of hydrogen-bond acceptors (Lipinski definition) is 2. The minimum atomic E-state index is -0.339. The molecule has 3 nitrogen and oxygen atoms in total. The number of carbonyl (C=O) groups is 2.